The van der Waals surface area contributed by atoms with E-state index in [0.29, 0.717) is 23.6 Å². The molecule has 1 saturated heterocycles. The summed E-state index contributed by atoms with van der Waals surface area (Å²) in [6.45, 7) is 0.341. The van der Waals surface area contributed by atoms with Crippen LogP contribution in [0.5, 0.6) is 11.5 Å². The van der Waals surface area contributed by atoms with E-state index in [2.05, 4.69) is 4.98 Å². The topological polar surface area (TPSA) is 126 Å². The number of pyridine rings is 1. The van der Waals surface area contributed by atoms with Crippen molar-refractivity contribution in [3.8, 4) is 11.5 Å². The lowest BCUT2D eigenvalue weighted by molar-refractivity contribution is 0.0642. The van der Waals surface area contributed by atoms with Crippen LogP contribution in [0, 0.1) is 0 Å². The Balaban J connectivity index is 1.79. The summed E-state index contributed by atoms with van der Waals surface area (Å²) in [5.74, 6) is 0.353. The molecule has 0 unspecified atom stereocenters. The number of aromatic nitrogens is 1. The average Bonchev–Trinajstić information content (AvgIpc) is 2.71. The second-order valence-electron chi connectivity index (χ2n) is 6.21. The van der Waals surface area contributed by atoms with Crippen LogP contribution in [-0.2, 0) is 6.61 Å². The van der Waals surface area contributed by atoms with Crippen molar-refractivity contribution in [1.82, 2.24) is 9.88 Å². The molecule has 28 heavy (non-hydrogen) atoms. The number of thioether (sulfide) groups is 1. The third-order valence-electron chi connectivity index (χ3n) is 4.44. The first-order valence-electron chi connectivity index (χ1n) is 8.71. The van der Waals surface area contributed by atoms with Crippen molar-refractivity contribution in [2.24, 2.45) is 5.73 Å². The maximum atomic E-state index is 13.0. The van der Waals surface area contributed by atoms with Crippen LogP contribution in [0.15, 0.2) is 36.5 Å². The fourth-order valence-electron chi connectivity index (χ4n) is 3.05. The number of rotatable bonds is 6. The minimum Gasteiger partial charge on any atom is -0.507 e. The highest BCUT2D eigenvalue weighted by atomic mass is 32.2. The SMILES string of the molecule is NC(=O)c1c(O)cccc1OC[C@H]1CSCCN1C(=O)c1cccnc1CO. The zero-order valence-electron chi connectivity index (χ0n) is 15.1. The van der Waals surface area contributed by atoms with Gasteiger partial charge in [-0.05, 0) is 24.3 Å². The van der Waals surface area contributed by atoms with Crippen LogP contribution >= 0.6 is 11.8 Å². The van der Waals surface area contributed by atoms with E-state index in [0.717, 1.165) is 5.75 Å². The van der Waals surface area contributed by atoms with E-state index >= 15 is 0 Å². The molecule has 0 saturated carbocycles. The second kappa shape index (κ2) is 8.94. The molecule has 1 aliphatic rings. The van der Waals surface area contributed by atoms with Gasteiger partial charge in [-0.15, -0.1) is 0 Å². The molecule has 3 rings (SSSR count). The molecule has 2 heterocycles. The Kier molecular flexibility index (Phi) is 6.37. The van der Waals surface area contributed by atoms with E-state index in [-0.39, 0.29) is 42.2 Å². The molecule has 1 atom stereocenters. The fraction of sp³-hybridized carbons (Fsp3) is 0.316. The second-order valence-corrected chi connectivity index (χ2v) is 7.36. The normalized spacial score (nSPS) is 16.6. The molecule has 8 nitrogen and oxygen atoms in total. The molecule has 2 aromatic rings. The summed E-state index contributed by atoms with van der Waals surface area (Å²) >= 11 is 1.70. The molecule has 1 aromatic heterocycles. The summed E-state index contributed by atoms with van der Waals surface area (Å²) in [4.78, 5) is 30.4. The number of nitrogens with zero attached hydrogens (tertiary/aromatic N) is 2. The molecule has 1 aromatic carbocycles. The van der Waals surface area contributed by atoms with Crippen LogP contribution in [0.25, 0.3) is 0 Å². The number of ether oxygens (including phenoxy) is 1. The van der Waals surface area contributed by atoms with E-state index in [4.69, 9.17) is 10.5 Å². The first-order chi connectivity index (χ1) is 13.5. The van der Waals surface area contributed by atoms with E-state index in [1.54, 1.807) is 40.9 Å². The minimum atomic E-state index is -0.790. The summed E-state index contributed by atoms with van der Waals surface area (Å²) < 4.78 is 5.76. The zero-order valence-corrected chi connectivity index (χ0v) is 15.9. The molecule has 148 valence electrons. The molecule has 0 bridgehead atoms. The van der Waals surface area contributed by atoms with Crippen molar-refractivity contribution in [1.29, 1.82) is 0 Å². The van der Waals surface area contributed by atoms with Crippen LogP contribution in [0.4, 0.5) is 0 Å². The largest absolute Gasteiger partial charge is 0.507 e. The first kappa shape index (κ1) is 20.0. The molecule has 4 N–H and O–H groups in total. The van der Waals surface area contributed by atoms with Crippen molar-refractivity contribution in [3.05, 3.63) is 53.3 Å². The van der Waals surface area contributed by atoms with Crippen molar-refractivity contribution >= 4 is 23.6 Å². The maximum Gasteiger partial charge on any atom is 0.256 e. The van der Waals surface area contributed by atoms with Gasteiger partial charge < -0.3 is 25.6 Å². The number of carbonyl (C=O) groups is 2. The third-order valence-corrected chi connectivity index (χ3v) is 5.53. The van der Waals surface area contributed by atoms with Crippen LogP contribution in [-0.4, -0.2) is 62.6 Å². The number of nitrogens with two attached hydrogens (primary N) is 1. The summed E-state index contributed by atoms with van der Waals surface area (Å²) in [6, 6.07) is 7.51. The molecular formula is C19H21N3O5S. The average molecular weight is 403 g/mol. The number of phenols is 1. The van der Waals surface area contributed by atoms with E-state index < -0.39 is 5.91 Å². The molecule has 0 aliphatic carbocycles. The molecule has 1 aliphatic heterocycles. The van der Waals surface area contributed by atoms with Gasteiger partial charge in [-0.25, -0.2) is 0 Å². The van der Waals surface area contributed by atoms with Gasteiger partial charge in [-0.2, -0.15) is 11.8 Å². The van der Waals surface area contributed by atoms with Crippen molar-refractivity contribution in [2.75, 3.05) is 24.7 Å². The number of aromatic hydroxyl groups is 1. The van der Waals surface area contributed by atoms with Crippen molar-refractivity contribution in [3.63, 3.8) is 0 Å². The highest BCUT2D eigenvalue weighted by Gasteiger charge is 2.30. The lowest BCUT2D eigenvalue weighted by Crippen LogP contribution is -2.49. The lowest BCUT2D eigenvalue weighted by Gasteiger charge is -2.35. The van der Waals surface area contributed by atoms with Gasteiger partial charge in [-0.1, -0.05) is 6.07 Å². The molecule has 0 radical (unpaired) electrons. The Morgan fingerprint density at radius 1 is 1.32 bits per heavy atom. The van der Waals surface area contributed by atoms with Gasteiger partial charge in [-0.3, -0.25) is 14.6 Å². The number of carbonyl (C=O) groups excluding carboxylic acids is 2. The maximum absolute atomic E-state index is 13.0. The van der Waals surface area contributed by atoms with Crippen LogP contribution in [0.1, 0.15) is 26.4 Å². The smallest absolute Gasteiger partial charge is 0.256 e. The number of primary amides is 1. The highest BCUT2D eigenvalue weighted by Crippen LogP contribution is 2.28. The quantitative estimate of drug-likeness (QED) is 0.657. The summed E-state index contributed by atoms with van der Waals surface area (Å²) in [6.07, 6.45) is 1.53. The highest BCUT2D eigenvalue weighted by molar-refractivity contribution is 7.99. The van der Waals surface area contributed by atoms with Gasteiger partial charge in [0, 0.05) is 24.2 Å². The van der Waals surface area contributed by atoms with Gasteiger partial charge >= 0.3 is 0 Å². The van der Waals surface area contributed by atoms with E-state index in [1.807, 2.05) is 0 Å². The third kappa shape index (κ3) is 4.20. The number of aliphatic hydroxyl groups is 1. The van der Waals surface area contributed by atoms with Gasteiger partial charge in [0.25, 0.3) is 11.8 Å². The van der Waals surface area contributed by atoms with Gasteiger partial charge in [0.2, 0.25) is 0 Å². The molecular weight excluding hydrogens is 382 g/mol. The summed E-state index contributed by atoms with van der Waals surface area (Å²) in [5.41, 5.74) is 5.93. The number of aliphatic hydroxyl groups excluding tert-OH is 1. The fourth-order valence-corrected chi connectivity index (χ4v) is 4.09. The number of amides is 2. The van der Waals surface area contributed by atoms with Gasteiger partial charge in [0.1, 0.15) is 23.7 Å². The zero-order chi connectivity index (χ0) is 20.1. The molecule has 0 spiro atoms. The van der Waals surface area contributed by atoms with Gasteiger partial charge in [0.05, 0.1) is 23.9 Å². The van der Waals surface area contributed by atoms with E-state index in [1.165, 1.54) is 12.3 Å². The monoisotopic (exact) mass is 403 g/mol. The molecule has 9 heteroatoms. The Morgan fingerprint density at radius 2 is 2.14 bits per heavy atom. The Bertz CT molecular complexity index is 876. The number of hydrogen-bond donors (Lipinski definition) is 3. The molecule has 2 amide bonds. The summed E-state index contributed by atoms with van der Waals surface area (Å²) in [7, 11) is 0. The van der Waals surface area contributed by atoms with E-state index in [9.17, 15) is 19.8 Å². The Labute approximate surface area is 166 Å². The van der Waals surface area contributed by atoms with Crippen LogP contribution in [0.2, 0.25) is 0 Å². The standard InChI is InChI=1S/C19H21N3O5S/c20-18(25)17-15(24)4-1-5-16(17)27-10-12-11-28-8-7-22(12)19(26)13-3-2-6-21-14(13)9-23/h1-6,12,23-24H,7-11H2,(H2,20,25)/t12-/m0/s1. The predicted molar refractivity (Wildman–Crippen MR) is 104 cm³/mol. The lowest BCUT2D eigenvalue weighted by atomic mass is 10.1. The first-order valence-corrected chi connectivity index (χ1v) is 9.86. The predicted octanol–water partition coefficient (Wildman–Crippen LogP) is 1.01. The van der Waals surface area contributed by atoms with Crippen molar-refractivity contribution < 1.29 is 24.5 Å². The minimum absolute atomic E-state index is 0.0846. The Morgan fingerprint density at radius 3 is 2.89 bits per heavy atom. The van der Waals surface area contributed by atoms with Gasteiger partial charge in [0.15, 0.2) is 0 Å². The molecule has 1 fully saturated rings. The Hall–Kier alpha value is -2.78. The number of hydrogen-bond acceptors (Lipinski definition) is 7. The van der Waals surface area contributed by atoms with Crippen LogP contribution in [0.3, 0.4) is 0 Å². The summed E-state index contributed by atoms with van der Waals surface area (Å²) in [5, 5.41) is 19.3. The number of benzene rings is 1. The van der Waals surface area contributed by atoms with Crippen molar-refractivity contribution in [2.45, 2.75) is 12.6 Å². The van der Waals surface area contributed by atoms with Crippen LogP contribution < -0.4 is 10.5 Å².